The Labute approximate surface area is 210 Å². The number of thiophene rings is 1. The number of nitrogens with zero attached hydrogens (tertiary/aromatic N) is 2. The van der Waals surface area contributed by atoms with Crippen LogP contribution < -0.4 is 5.32 Å². The van der Waals surface area contributed by atoms with Crippen molar-refractivity contribution in [3.8, 4) is 0 Å². The minimum atomic E-state index is -3.12. The van der Waals surface area contributed by atoms with Crippen LogP contribution >= 0.6 is 22.9 Å². The van der Waals surface area contributed by atoms with Crippen LogP contribution in [-0.2, 0) is 10.7 Å². The van der Waals surface area contributed by atoms with Crippen molar-refractivity contribution >= 4 is 34.5 Å². The van der Waals surface area contributed by atoms with Gasteiger partial charge in [0.2, 0.25) is 5.78 Å². The number of carbonyl (C=O) groups excluding carboxylic acids is 1. The maximum atomic E-state index is 14.5. The number of benzene rings is 1. The van der Waals surface area contributed by atoms with Gasteiger partial charge < -0.3 is 15.2 Å². The zero-order valence-electron chi connectivity index (χ0n) is 19.1. The number of ether oxygens (including phenoxy) is 1. The molecule has 4 atom stereocenters. The number of halogens is 3. The lowest BCUT2D eigenvalue weighted by Crippen LogP contribution is -2.31. The number of aliphatic hydroxyl groups is 1. The summed E-state index contributed by atoms with van der Waals surface area (Å²) in [6.45, 7) is 3.07. The number of aryl methyl sites for hydroxylation is 1. The highest BCUT2D eigenvalue weighted by atomic mass is 35.5. The minimum absolute atomic E-state index is 0.000592. The molecule has 0 bridgehead atoms. The molecule has 1 saturated carbocycles. The summed E-state index contributed by atoms with van der Waals surface area (Å²) in [5, 5.41) is 13.7. The Morgan fingerprint density at radius 2 is 2.09 bits per heavy atom. The van der Waals surface area contributed by atoms with Gasteiger partial charge in [-0.05, 0) is 55.0 Å². The van der Waals surface area contributed by atoms with E-state index >= 15 is 0 Å². The molecule has 0 radical (unpaired) electrons. The maximum absolute atomic E-state index is 14.5. The van der Waals surface area contributed by atoms with Crippen molar-refractivity contribution in [3.63, 3.8) is 0 Å². The van der Waals surface area contributed by atoms with Crippen LogP contribution in [0, 0.1) is 12.8 Å². The van der Waals surface area contributed by atoms with E-state index in [1.807, 2.05) is 13.8 Å². The van der Waals surface area contributed by atoms with Crippen LogP contribution in [0.25, 0.3) is 0 Å². The predicted molar refractivity (Wildman–Crippen MR) is 129 cm³/mol. The topological polar surface area (TPSA) is 84.3 Å². The molecular weight excluding hydrogens is 496 g/mol. The molecule has 2 aliphatic rings. The highest BCUT2D eigenvalue weighted by Crippen LogP contribution is 2.45. The summed E-state index contributed by atoms with van der Waals surface area (Å²) in [6, 6.07) is 5.97. The van der Waals surface area contributed by atoms with Gasteiger partial charge in [0, 0.05) is 27.7 Å². The molecule has 10 heteroatoms. The van der Waals surface area contributed by atoms with Crippen molar-refractivity contribution in [1.82, 2.24) is 9.97 Å². The lowest BCUT2D eigenvalue weighted by molar-refractivity contribution is -0.115. The lowest BCUT2D eigenvalue weighted by Gasteiger charge is -2.32. The number of ketones is 1. The zero-order valence-corrected chi connectivity index (χ0v) is 20.7. The van der Waals surface area contributed by atoms with E-state index in [2.05, 4.69) is 15.3 Å². The molecule has 2 N–H and O–H groups in total. The molecule has 6 nitrogen and oxygen atoms in total. The fourth-order valence-corrected chi connectivity index (χ4v) is 6.03. The van der Waals surface area contributed by atoms with Crippen molar-refractivity contribution in [1.29, 1.82) is 0 Å². The standard InChI is InChI=1S/C25H24ClF2N3O3S/c1-12-5-15(7-20(12)32)31-24-18(9-29-11-30-24)22(33)21-8-16(13(2)35-21)23-17-6-14(26)3-4-19(17)25(27,28)10-34-23/h3-4,6,8-9,11-12,15,20,23,32H,5,7,10H2,1-2H3,(H,29,30,31)/t12-,15-,20-,23+/m1/s1. The predicted octanol–water partition coefficient (Wildman–Crippen LogP) is 5.51. The van der Waals surface area contributed by atoms with Gasteiger partial charge in [-0.15, -0.1) is 11.3 Å². The van der Waals surface area contributed by atoms with Gasteiger partial charge in [0.05, 0.1) is 16.5 Å². The molecule has 0 unspecified atom stereocenters. The SMILES string of the molecule is Cc1sc(C(=O)c2cncnc2N[C@@H]2C[C@@H](C)[C@H](O)C2)cc1[C@@H]1OCC(F)(F)c2ccc(Cl)cc21. The van der Waals surface area contributed by atoms with Gasteiger partial charge in [-0.1, -0.05) is 24.6 Å². The second-order valence-electron chi connectivity index (χ2n) is 9.22. The van der Waals surface area contributed by atoms with E-state index in [9.17, 15) is 18.7 Å². The maximum Gasteiger partial charge on any atom is 0.296 e. The van der Waals surface area contributed by atoms with Crippen LogP contribution in [0.3, 0.4) is 0 Å². The third-order valence-electron chi connectivity index (χ3n) is 6.72. The molecule has 3 heterocycles. The number of carbonyl (C=O) groups is 1. The molecule has 35 heavy (non-hydrogen) atoms. The van der Waals surface area contributed by atoms with Gasteiger partial charge in [0.1, 0.15) is 24.9 Å². The van der Waals surface area contributed by atoms with E-state index in [-0.39, 0.29) is 23.3 Å². The van der Waals surface area contributed by atoms with Crippen LogP contribution in [0.2, 0.25) is 5.02 Å². The molecule has 0 spiro atoms. The van der Waals surface area contributed by atoms with Crippen LogP contribution in [-0.4, -0.2) is 39.6 Å². The van der Waals surface area contributed by atoms with Gasteiger partial charge in [0.25, 0.3) is 5.92 Å². The van der Waals surface area contributed by atoms with Gasteiger partial charge >= 0.3 is 0 Å². The summed E-state index contributed by atoms with van der Waals surface area (Å²) in [4.78, 5) is 23.0. The number of nitrogens with one attached hydrogen (secondary N) is 1. The smallest absolute Gasteiger partial charge is 0.296 e. The Bertz CT molecular complexity index is 1270. The van der Waals surface area contributed by atoms with Crippen molar-refractivity contribution < 1.29 is 23.4 Å². The Hall–Kier alpha value is -2.46. The van der Waals surface area contributed by atoms with E-state index in [1.165, 1.54) is 42.1 Å². The summed E-state index contributed by atoms with van der Waals surface area (Å²) >= 11 is 7.38. The van der Waals surface area contributed by atoms with E-state index in [0.29, 0.717) is 38.8 Å². The van der Waals surface area contributed by atoms with Gasteiger partial charge in [-0.2, -0.15) is 8.78 Å². The van der Waals surface area contributed by atoms with Crippen LogP contribution in [0.15, 0.2) is 36.8 Å². The first-order valence-electron chi connectivity index (χ1n) is 11.3. The summed E-state index contributed by atoms with van der Waals surface area (Å²) in [5.74, 6) is -2.82. The number of hydrogen-bond acceptors (Lipinski definition) is 7. The molecule has 1 aliphatic carbocycles. The number of aromatic nitrogens is 2. The zero-order chi connectivity index (χ0) is 24.9. The minimum Gasteiger partial charge on any atom is -0.393 e. The van der Waals surface area contributed by atoms with Crippen molar-refractivity contribution in [2.45, 2.75) is 50.9 Å². The average Bonchev–Trinajstić information content (AvgIpc) is 3.34. The molecule has 184 valence electrons. The average molecular weight is 520 g/mol. The molecule has 1 aliphatic heterocycles. The third-order valence-corrected chi connectivity index (χ3v) is 8.02. The first-order valence-corrected chi connectivity index (χ1v) is 12.5. The van der Waals surface area contributed by atoms with E-state index in [1.54, 1.807) is 6.07 Å². The fraction of sp³-hybridized carbons (Fsp3) is 0.400. The highest BCUT2D eigenvalue weighted by molar-refractivity contribution is 7.14. The Kier molecular flexibility index (Phi) is 6.37. The van der Waals surface area contributed by atoms with Crippen LogP contribution in [0.5, 0.6) is 0 Å². The fourth-order valence-electron chi connectivity index (χ4n) is 4.85. The van der Waals surface area contributed by atoms with Gasteiger partial charge in [0.15, 0.2) is 0 Å². The highest BCUT2D eigenvalue weighted by Gasteiger charge is 2.42. The van der Waals surface area contributed by atoms with Crippen molar-refractivity contribution in [2.75, 3.05) is 11.9 Å². The number of hydrogen-bond donors (Lipinski definition) is 2. The van der Waals surface area contributed by atoms with Gasteiger partial charge in [-0.25, -0.2) is 9.97 Å². The molecule has 5 rings (SSSR count). The van der Waals surface area contributed by atoms with Gasteiger partial charge in [-0.3, -0.25) is 4.79 Å². The van der Waals surface area contributed by atoms with E-state index in [4.69, 9.17) is 16.3 Å². The third kappa shape index (κ3) is 4.58. The van der Waals surface area contributed by atoms with E-state index in [0.717, 1.165) is 11.3 Å². The summed E-state index contributed by atoms with van der Waals surface area (Å²) < 4.78 is 34.6. The normalized spacial score (nSPS) is 25.3. The lowest BCUT2D eigenvalue weighted by atomic mass is 9.91. The van der Waals surface area contributed by atoms with Crippen molar-refractivity contribution in [2.24, 2.45) is 5.92 Å². The molecule has 3 aromatic rings. The number of aliphatic hydroxyl groups excluding tert-OH is 1. The Morgan fingerprint density at radius 3 is 2.83 bits per heavy atom. The first kappa shape index (κ1) is 24.2. The summed E-state index contributed by atoms with van der Waals surface area (Å²) in [6.07, 6.45) is 3.03. The monoisotopic (exact) mass is 519 g/mol. The Morgan fingerprint density at radius 1 is 1.29 bits per heavy atom. The number of alkyl halides is 2. The molecule has 1 fully saturated rings. The Balaban J connectivity index is 1.45. The van der Waals surface area contributed by atoms with E-state index < -0.39 is 24.7 Å². The molecule has 1 aromatic carbocycles. The van der Waals surface area contributed by atoms with Crippen LogP contribution in [0.1, 0.15) is 62.7 Å². The molecule has 2 aromatic heterocycles. The second-order valence-corrected chi connectivity index (χ2v) is 10.9. The molecule has 0 amide bonds. The number of anilines is 1. The summed E-state index contributed by atoms with van der Waals surface area (Å²) in [5.41, 5.74) is 1.14. The number of rotatable bonds is 5. The molecular formula is C25H24ClF2N3O3S. The number of fused-ring (bicyclic) bond motifs is 1. The second kappa shape index (κ2) is 9.20. The quantitative estimate of drug-likeness (QED) is 0.432. The van der Waals surface area contributed by atoms with Crippen molar-refractivity contribution in [3.05, 3.63) is 73.8 Å². The molecule has 0 saturated heterocycles. The first-order chi connectivity index (χ1) is 16.6. The van der Waals surface area contributed by atoms with Crippen LogP contribution in [0.4, 0.5) is 14.6 Å². The summed E-state index contributed by atoms with van der Waals surface area (Å²) in [7, 11) is 0. The largest absolute Gasteiger partial charge is 0.393 e.